The Morgan fingerprint density at radius 2 is 1.86 bits per heavy atom. The van der Waals surface area contributed by atoms with Crippen LogP contribution in [0.2, 0.25) is 0 Å². The highest BCUT2D eigenvalue weighted by Crippen LogP contribution is 2.18. The summed E-state index contributed by atoms with van der Waals surface area (Å²) in [6.07, 6.45) is 11.5. The highest BCUT2D eigenvalue weighted by atomic mass is 14.9. The molecule has 1 N–H and O–H groups in total. The van der Waals surface area contributed by atoms with E-state index in [-0.39, 0.29) is 0 Å². The predicted molar refractivity (Wildman–Crippen MR) is 63.1 cm³/mol. The van der Waals surface area contributed by atoms with E-state index in [1.165, 1.54) is 37.0 Å². The van der Waals surface area contributed by atoms with Crippen LogP contribution in [0.25, 0.3) is 0 Å². The molecule has 0 amide bonds. The third-order valence-electron chi connectivity index (χ3n) is 2.71. The summed E-state index contributed by atoms with van der Waals surface area (Å²) in [6, 6.07) is 0.712. The molecule has 78 valence electrons. The van der Waals surface area contributed by atoms with E-state index in [0.29, 0.717) is 6.04 Å². The lowest BCUT2D eigenvalue weighted by atomic mass is 10.2. The lowest BCUT2D eigenvalue weighted by Crippen LogP contribution is -2.23. The van der Waals surface area contributed by atoms with E-state index in [0.717, 1.165) is 0 Å². The molecule has 1 rings (SSSR count). The molecule has 0 heterocycles. The highest BCUT2D eigenvalue weighted by Gasteiger charge is 2.13. The first-order chi connectivity index (χ1) is 6.72. The lowest BCUT2D eigenvalue weighted by molar-refractivity contribution is 0.585. The maximum absolute atomic E-state index is 3.72. The van der Waals surface area contributed by atoms with Gasteiger partial charge in [-0.1, -0.05) is 37.1 Å². The first-order valence-electron chi connectivity index (χ1n) is 5.46. The van der Waals surface area contributed by atoms with E-state index in [1.54, 1.807) is 0 Å². The summed E-state index contributed by atoms with van der Waals surface area (Å²) in [7, 11) is 0. The van der Waals surface area contributed by atoms with Crippen molar-refractivity contribution in [1.82, 2.24) is 5.32 Å². The average molecular weight is 191 g/mol. The normalized spacial score (nSPS) is 19.9. The van der Waals surface area contributed by atoms with Gasteiger partial charge in [-0.25, -0.2) is 0 Å². The second kappa shape index (κ2) is 5.69. The lowest BCUT2D eigenvalue weighted by Gasteiger charge is -2.13. The molecule has 0 aromatic carbocycles. The van der Waals surface area contributed by atoms with Gasteiger partial charge in [0.15, 0.2) is 0 Å². The van der Waals surface area contributed by atoms with E-state index in [9.17, 15) is 0 Å². The molecule has 1 aliphatic carbocycles. The van der Waals surface area contributed by atoms with Gasteiger partial charge in [-0.05, 0) is 32.8 Å². The van der Waals surface area contributed by atoms with Gasteiger partial charge in [0.1, 0.15) is 0 Å². The summed E-state index contributed by atoms with van der Waals surface area (Å²) in [4.78, 5) is 0. The van der Waals surface area contributed by atoms with Crippen LogP contribution < -0.4 is 5.32 Å². The van der Waals surface area contributed by atoms with Crippen LogP contribution in [0.1, 0.15) is 39.5 Å². The van der Waals surface area contributed by atoms with Crippen LogP contribution >= 0.6 is 0 Å². The molecule has 1 nitrogen and oxygen atoms in total. The third-order valence-corrected chi connectivity index (χ3v) is 2.71. The van der Waals surface area contributed by atoms with Gasteiger partial charge in [0.25, 0.3) is 0 Å². The molecule has 14 heavy (non-hydrogen) atoms. The minimum absolute atomic E-state index is 0.712. The zero-order valence-corrected chi connectivity index (χ0v) is 9.34. The number of hydrogen-bond donors (Lipinski definition) is 1. The number of allylic oxidation sites excluding steroid dienone is 5. The first kappa shape index (κ1) is 11.1. The summed E-state index contributed by atoms with van der Waals surface area (Å²) in [5.74, 6) is 0. The summed E-state index contributed by atoms with van der Waals surface area (Å²) >= 11 is 0. The van der Waals surface area contributed by atoms with Crippen LogP contribution in [0.15, 0.2) is 36.1 Å². The van der Waals surface area contributed by atoms with Gasteiger partial charge < -0.3 is 5.32 Å². The van der Waals surface area contributed by atoms with Gasteiger partial charge in [0.05, 0.1) is 0 Å². The van der Waals surface area contributed by atoms with Crippen molar-refractivity contribution in [2.45, 2.75) is 45.6 Å². The fourth-order valence-corrected chi connectivity index (χ4v) is 1.76. The maximum atomic E-state index is 3.72. The van der Waals surface area contributed by atoms with Gasteiger partial charge in [-0.3, -0.25) is 0 Å². The van der Waals surface area contributed by atoms with E-state index >= 15 is 0 Å². The van der Waals surface area contributed by atoms with Crippen molar-refractivity contribution < 1.29 is 0 Å². The molecule has 0 spiro atoms. The molecule has 0 radical (unpaired) electrons. The summed E-state index contributed by atoms with van der Waals surface area (Å²) < 4.78 is 0. The van der Waals surface area contributed by atoms with E-state index in [1.807, 2.05) is 6.08 Å². The Hall–Kier alpha value is -0.980. The monoisotopic (exact) mass is 191 g/mol. The maximum Gasteiger partial charge on any atom is 0.0258 e. The largest absolute Gasteiger partial charge is 0.386 e. The van der Waals surface area contributed by atoms with Crippen LogP contribution in [-0.4, -0.2) is 6.04 Å². The molecule has 1 heteroatoms. The number of nitrogens with one attached hydrogen (secondary N) is 1. The van der Waals surface area contributed by atoms with Crippen molar-refractivity contribution in [2.75, 3.05) is 0 Å². The summed E-state index contributed by atoms with van der Waals surface area (Å²) in [6.45, 7) is 7.92. The molecular weight excluding hydrogens is 170 g/mol. The van der Waals surface area contributed by atoms with Crippen molar-refractivity contribution in [3.8, 4) is 0 Å². The van der Waals surface area contributed by atoms with Crippen molar-refractivity contribution in [2.24, 2.45) is 0 Å². The molecule has 0 aliphatic heterocycles. The Kier molecular flexibility index (Phi) is 4.51. The van der Waals surface area contributed by atoms with E-state index in [2.05, 4.69) is 37.9 Å². The van der Waals surface area contributed by atoms with Crippen molar-refractivity contribution in [1.29, 1.82) is 0 Å². The van der Waals surface area contributed by atoms with Gasteiger partial charge >= 0.3 is 0 Å². The minimum atomic E-state index is 0.712. The molecule has 1 aliphatic rings. The van der Waals surface area contributed by atoms with Crippen molar-refractivity contribution in [3.63, 3.8) is 0 Å². The Morgan fingerprint density at radius 1 is 1.21 bits per heavy atom. The fourth-order valence-electron chi connectivity index (χ4n) is 1.76. The second-order valence-electron chi connectivity index (χ2n) is 4.09. The zero-order valence-electron chi connectivity index (χ0n) is 9.34. The summed E-state index contributed by atoms with van der Waals surface area (Å²) in [5.41, 5.74) is 2.47. The second-order valence-corrected chi connectivity index (χ2v) is 4.09. The van der Waals surface area contributed by atoms with Crippen LogP contribution in [0.3, 0.4) is 0 Å². The molecule has 0 unspecified atom stereocenters. The van der Waals surface area contributed by atoms with Crippen LogP contribution in [0.4, 0.5) is 0 Å². The van der Waals surface area contributed by atoms with Crippen molar-refractivity contribution >= 4 is 0 Å². The summed E-state index contributed by atoms with van der Waals surface area (Å²) in [5, 5.41) is 3.54. The molecule has 1 saturated carbocycles. The predicted octanol–water partition coefficient (Wildman–Crippen LogP) is 3.55. The van der Waals surface area contributed by atoms with Gasteiger partial charge in [-0.15, -0.1) is 0 Å². The Labute approximate surface area is 87.6 Å². The van der Waals surface area contributed by atoms with Gasteiger partial charge in [0.2, 0.25) is 0 Å². The van der Waals surface area contributed by atoms with E-state index < -0.39 is 0 Å². The van der Waals surface area contributed by atoms with Crippen LogP contribution in [-0.2, 0) is 0 Å². The standard InChI is InChI=1S/C13H21N/c1-4-11(2)9-10-12(3)14-13-7-5-6-8-13/h4,9-10,13-14H,1,5-8H2,2-3H3/b11-9-,12-10+. The van der Waals surface area contributed by atoms with Crippen LogP contribution in [0.5, 0.6) is 0 Å². The molecule has 0 atom stereocenters. The van der Waals surface area contributed by atoms with Gasteiger partial charge in [-0.2, -0.15) is 0 Å². The Balaban J connectivity index is 2.39. The first-order valence-corrected chi connectivity index (χ1v) is 5.46. The van der Waals surface area contributed by atoms with Crippen molar-refractivity contribution in [3.05, 3.63) is 36.1 Å². The highest BCUT2D eigenvalue weighted by molar-refractivity contribution is 5.21. The smallest absolute Gasteiger partial charge is 0.0258 e. The topological polar surface area (TPSA) is 12.0 Å². The number of rotatable bonds is 4. The number of hydrogen-bond acceptors (Lipinski definition) is 1. The van der Waals surface area contributed by atoms with E-state index in [4.69, 9.17) is 0 Å². The molecular formula is C13H21N. The molecule has 0 bridgehead atoms. The molecule has 1 fully saturated rings. The SMILES string of the molecule is C=C/C(C)=C\C=C(/C)NC1CCCC1. The molecule has 0 saturated heterocycles. The Morgan fingerprint density at radius 3 is 2.43 bits per heavy atom. The quantitative estimate of drug-likeness (QED) is 0.670. The fraction of sp³-hybridized carbons (Fsp3) is 0.538. The third kappa shape index (κ3) is 3.82. The van der Waals surface area contributed by atoms with Gasteiger partial charge in [0, 0.05) is 11.7 Å². The molecule has 0 aromatic heterocycles. The molecule has 0 aromatic rings. The zero-order chi connectivity index (χ0) is 10.4. The van der Waals surface area contributed by atoms with Crippen LogP contribution in [0, 0.1) is 0 Å². The average Bonchev–Trinajstić information content (AvgIpc) is 2.66. The Bertz CT molecular complexity index is 242. The minimum Gasteiger partial charge on any atom is -0.386 e.